The van der Waals surface area contributed by atoms with Crippen LogP contribution in [-0.4, -0.2) is 24.5 Å². The molecule has 2 rings (SSSR count). The van der Waals surface area contributed by atoms with Crippen LogP contribution in [0.5, 0.6) is 0 Å². The van der Waals surface area contributed by atoms with Crippen molar-refractivity contribution in [1.82, 2.24) is 4.98 Å². The third-order valence-electron chi connectivity index (χ3n) is 2.83. The van der Waals surface area contributed by atoms with Crippen LogP contribution in [0.25, 0.3) is 0 Å². The van der Waals surface area contributed by atoms with E-state index in [0.717, 1.165) is 21.9 Å². The molecule has 0 atom stereocenters. The van der Waals surface area contributed by atoms with Crippen LogP contribution in [0.2, 0.25) is 0 Å². The minimum atomic E-state index is -3.96. The number of aromatic nitrogens is 1. The SMILES string of the molecule is CCc1nc(NS(=O)(=O)c2c(C)csc2C(=O)O)sc1C. The number of thiazole rings is 1. The lowest BCUT2D eigenvalue weighted by Gasteiger charge is -2.06. The van der Waals surface area contributed by atoms with Crippen molar-refractivity contribution in [3.8, 4) is 0 Å². The van der Waals surface area contributed by atoms with Gasteiger partial charge in [-0.2, -0.15) is 0 Å². The summed E-state index contributed by atoms with van der Waals surface area (Å²) < 4.78 is 27.2. The Labute approximate surface area is 130 Å². The maximum absolute atomic E-state index is 12.4. The van der Waals surface area contributed by atoms with Crippen molar-refractivity contribution in [2.24, 2.45) is 0 Å². The fraction of sp³-hybridized carbons (Fsp3) is 0.333. The molecule has 0 aliphatic carbocycles. The molecule has 0 bridgehead atoms. The van der Waals surface area contributed by atoms with Crippen LogP contribution in [0.15, 0.2) is 10.3 Å². The summed E-state index contributed by atoms with van der Waals surface area (Å²) in [4.78, 5) is 15.9. The molecule has 0 unspecified atom stereocenters. The number of carboxylic acids is 1. The summed E-state index contributed by atoms with van der Waals surface area (Å²) in [5.74, 6) is -1.25. The number of aromatic carboxylic acids is 1. The molecule has 6 nitrogen and oxygen atoms in total. The van der Waals surface area contributed by atoms with Crippen LogP contribution >= 0.6 is 22.7 Å². The van der Waals surface area contributed by atoms with Crippen LogP contribution < -0.4 is 4.72 Å². The molecule has 9 heteroatoms. The third-order valence-corrected chi connectivity index (χ3v) is 6.63. The summed E-state index contributed by atoms with van der Waals surface area (Å²) in [6, 6.07) is 0. The van der Waals surface area contributed by atoms with Crippen molar-refractivity contribution >= 4 is 43.8 Å². The molecule has 0 spiro atoms. The Kier molecular flexibility index (Phi) is 4.35. The van der Waals surface area contributed by atoms with Gasteiger partial charge >= 0.3 is 5.97 Å². The Balaban J connectivity index is 2.43. The molecule has 2 heterocycles. The van der Waals surface area contributed by atoms with Crippen LogP contribution in [-0.2, 0) is 16.4 Å². The van der Waals surface area contributed by atoms with Gasteiger partial charge in [-0.3, -0.25) is 4.72 Å². The Morgan fingerprint density at radius 2 is 2.10 bits per heavy atom. The van der Waals surface area contributed by atoms with E-state index in [4.69, 9.17) is 5.11 Å². The van der Waals surface area contributed by atoms with E-state index >= 15 is 0 Å². The van der Waals surface area contributed by atoms with Crippen molar-refractivity contribution in [3.05, 3.63) is 26.4 Å². The standard InChI is InChI=1S/C12H14N2O4S3/c1-4-8-7(3)20-12(13-8)14-21(17,18)10-6(2)5-19-9(10)11(15)16/h5H,4H2,1-3H3,(H,13,14)(H,15,16). The Hall–Kier alpha value is -1.45. The number of aryl methyl sites for hydroxylation is 3. The first-order chi connectivity index (χ1) is 9.76. The highest BCUT2D eigenvalue weighted by molar-refractivity contribution is 7.93. The fourth-order valence-corrected chi connectivity index (χ4v) is 5.65. The smallest absolute Gasteiger partial charge is 0.347 e. The van der Waals surface area contributed by atoms with Gasteiger partial charge in [0.05, 0.1) is 5.69 Å². The zero-order chi connectivity index (χ0) is 15.8. The largest absolute Gasteiger partial charge is 0.477 e. The molecule has 114 valence electrons. The van der Waals surface area contributed by atoms with Gasteiger partial charge in [0, 0.05) is 4.88 Å². The summed E-state index contributed by atoms with van der Waals surface area (Å²) in [5, 5.41) is 10.9. The number of anilines is 1. The highest BCUT2D eigenvalue weighted by Crippen LogP contribution is 2.30. The summed E-state index contributed by atoms with van der Waals surface area (Å²) in [6.07, 6.45) is 0.710. The normalized spacial score (nSPS) is 11.6. The molecule has 0 aliphatic heterocycles. The lowest BCUT2D eigenvalue weighted by molar-refractivity contribution is 0.0698. The molecule has 0 saturated carbocycles. The number of thiophene rings is 1. The van der Waals surface area contributed by atoms with E-state index in [2.05, 4.69) is 9.71 Å². The third kappa shape index (κ3) is 3.09. The number of hydrogen-bond donors (Lipinski definition) is 2. The van der Waals surface area contributed by atoms with Gasteiger partial charge in [-0.15, -0.1) is 22.7 Å². The lowest BCUT2D eigenvalue weighted by atomic mass is 10.3. The molecule has 0 saturated heterocycles. The molecule has 0 aliphatic rings. The molecule has 2 aromatic rings. The fourth-order valence-electron chi connectivity index (χ4n) is 1.88. The van der Waals surface area contributed by atoms with Gasteiger partial charge in [0.15, 0.2) is 5.13 Å². The average Bonchev–Trinajstić information content (AvgIpc) is 2.92. The van der Waals surface area contributed by atoms with Crippen LogP contribution in [0, 0.1) is 13.8 Å². The lowest BCUT2D eigenvalue weighted by Crippen LogP contribution is -2.16. The van der Waals surface area contributed by atoms with Gasteiger partial charge < -0.3 is 5.11 Å². The van der Waals surface area contributed by atoms with Crippen LogP contribution in [0.3, 0.4) is 0 Å². The molecule has 0 amide bonds. The second-order valence-corrected chi connectivity index (χ2v) is 8.07. The summed E-state index contributed by atoms with van der Waals surface area (Å²) in [5.41, 5.74) is 1.24. The number of sulfonamides is 1. The van der Waals surface area contributed by atoms with Gasteiger partial charge in [0.1, 0.15) is 9.77 Å². The number of carbonyl (C=O) groups is 1. The van der Waals surface area contributed by atoms with E-state index in [9.17, 15) is 13.2 Å². The number of carboxylic acid groups (broad SMARTS) is 1. The van der Waals surface area contributed by atoms with Gasteiger partial charge in [-0.25, -0.2) is 18.2 Å². The van der Waals surface area contributed by atoms with E-state index in [1.54, 1.807) is 6.92 Å². The zero-order valence-electron chi connectivity index (χ0n) is 11.6. The van der Waals surface area contributed by atoms with Gasteiger partial charge in [0.25, 0.3) is 10.0 Å². The van der Waals surface area contributed by atoms with Crippen LogP contribution in [0.4, 0.5) is 5.13 Å². The van der Waals surface area contributed by atoms with E-state index in [1.165, 1.54) is 16.7 Å². The van der Waals surface area contributed by atoms with Gasteiger partial charge in [-0.1, -0.05) is 6.92 Å². The van der Waals surface area contributed by atoms with Gasteiger partial charge in [0.2, 0.25) is 0 Å². The molecule has 2 N–H and O–H groups in total. The molecular formula is C12H14N2O4S3. The van der Waals surface area contributed by atoms with Crippen molar-refractivity contribution in [1.29, 1.82) is 0 Å². The number of nitrogens with one attached hydrogen (secondary N) is 1. The topological polar surface area (TPSA) is 96.4 Å². The first-order valence-electron chi connectivity index (χ1n) is 6.06. The quantitative estimate of drug-likeness (QED) is 0.868. The summed E-state index contributed by atoms with van der Waals surface area (Å²) in [6.45, 7) is 5.38. The van der Waals surface area contributed by atoms with E-state index in [0.29, 0.717) is 12.0 Å². The van der Waals surface area contributed by atoms with Crippen molar-refractivity contribution in [2.75, 3.05) is 4.72 Å². The summed E-state index contributed by atoms with van der Waals surface area (Å²) >= 11 is 2.14. The highest BCUT2D eigenvalue weighted by atomic mass is 32.2. The van der Waals surface area contributed by atoms with Gasteiger partial charge in [-0.05, 0) is 31.2 Å². The first kappa shape index (κ1) is 15.9. The summed E-state index contributed by atoms with van der Waals surface area (Å²) in [7, 11) is -3.96. The van der Waals surface area contributed by atoms with Crippen molar-refractivity contribution in [2.45, 2.75) is 32.1 Å². The monoisotopic (exact) mass is 346 g/mol. The molecular weight excluding hydrogens is 332 g/mol. The minimum Gasteiger partial charge on any atom is -0.477 e. The molecule has 21 heavy (non-hydrogen) atoms. The molecule has 2 aromatic heterocycles. The van der Waals surface area contributed by atoms with Crippen molar-refractivity contribution in [3.63, 3.8) is 0 Å². The second kappa shape index (κ2) is 5.74. The van der Waals surface area contributed by atoms with E-state index in [-0.39, 0.29) is 14.9 Å². The van der Waals surface area contributed by atoms with E-state index < -0.39 is 16.0 Å². The number of hydrogen-bond acceptors (Lipinski definition) is 6. The average molecular weight is 346 g/mol. The molecule has 0 fully saturated rings. The van der Waals surface area contributed by atoms with Crippen LogP contribution in [0.1, 0.15) is 32.7 Å². The second-order valence-electron chi connectivity index (χ2n) is 4.36. The highest BCUT2D eigenvalue weighted by Gasteiger charge is 2.27. The Bertz CT molecular complexity index is 790. The minimum absolute atomic E-state index is 0.189. The molecule has 0 aromatic carbocycles. The van der Waals surface area contributed by atoms with E-state index in [1.807, 2.05) is 13.8 Å². The Morgan fingerprint density at radius 1 is 1.43 bits per heavy atom. The maximum Gasteiger partial charge on any atom is 0.347 e. The molecule has 0 radical (unpaired) electrons. The maximum atomic E-state index is 12.4. The zero-order valence-corrected chi connectivity index (χ0v) is 14.1. The first-order valence-corrected chi connectivity index (χ1v) is 9.24. The van der Waals surface area contributed by atoms with Crippen molar-refractivity contribution < 1.29 is 18.3 Å². The number of nitrogens with zero attached hydrogens (tertiary/aromatic N) is 1. The Morgan fingerprint density at radius 3 is 2.62 bits per heavy atom. The predicted octanol–water partition coefficient (Wildman–Crippen LogP) is 2.88. The number of rotatable bonds is 5. The predicted molar refractivity (Wildman–Crippen MR) is 83.1 cm³/mol.